The Balaban J connectivity index is 1.31. The highest BCUT2D eigenvalue weighted by atomic mass is 16.6. The van der Waals surface area contributed by atoms with Crippen molar-refractivity contribution in [3.05, 3.63) is 47.2 Å². The zero-order valence-electron chi connectivity index (χ0n) is 16.8. The molecule has 9 heteroatoms. The number of fused-ring (bicyclic) bond motifs is 2. The number of aliphatic imine (C=N–C) groups is 1. The van der Waals surface area contributed by atoms with Crippen LogP contribution in [0.1, 0.15) is 29.7 Å². The summed E-state index contributed by atoms with van der Waals surface area (Å²) in [5, 5.41) is 35.6. The predicted molar refractivity (Wildman–Crippen MR) is 108 cm³/mol. The molecule has 3 aliphatic heterocycles. The number of aliphatic hydroxyl groups is 3. The molecule has 9 nitrogen and oxygen atoms in total. The van der Waals surface area contributed by atoms with Crippen LogP contribution in [0.15, 0.2) is 35.5 Å². The molecular weight excluding hydrogens is 388 g/mol. The van der Waals surface area contributed by atoms with Crippen LogP contribution in [0, 0.1) is 5.92 Å². The molecule has 5 rings (SSSR count). The molecule has 1 fully saturated rings. The van der Waals surface area contributed by atoms with Crippen LogP contribution in [-0.4, -0.2) is 70.0 Å². The number of rotatable bonds is 5. The number of hydroxylamine groups is 1. The maximum absolute atomic E-state index is 10.9. The summed E-state index contributed by atoms with van der Waals surface area (Å²) < 4.78 is 6.03. The molecule has 1 aromatic carbocycles. The molecule has 0 amide bonds. The van der Waals surface area contributed by atoms with E-state index in [0.717, 1.165) is 12.8 Å². The minimum atomic E-state index is -1.21. The lowest BCUT2D eigenvalue weighted by Gasteiger charge is -2.37. The van der Waals surface area contributed by atoms with Gasteiger partial charge in [-0.15, -0.1) is 0 Å². The number of hydrogen-bond donors (Lipinski definition) is 5. The molecule has 2 unspecified atom stereocenters. The number of nitrogens with zero attached hydrogens (tertiary/aromatic N) is 2. The molecule has 0 aromatic heterocycles. The Kier molecular flexibility index (Phi) is 5.26. The molecule has 162 valence electrons. The van der Waals surface area contributed by atoms with Crippen LogP contribution in [-0.2, 0) is 22.4 Å². The average molecular weight is 416 g/mol. The van der Waals surface area contributed by atoms with Gasteiger partial charge in [0, 0.05) is 6.20 Å². The Morgan fingerprint density at radius 3 is 2.87 bits per heavy atom. The van der Waals surface area contributed by atoms with Crippen molar-refractivity contribution in [3.8, 4) is 0 Å². The van der Waals surface area contributed by atoms with E-state index in [-0.39, 0.29) is 12.1 Å². The van der Waals surface area contributed by atoms with E-state index in [9.17, 15) is 15.3 Å². The lowest BCUT2D eigenvalue weighted by atomic mass is 9.85. The van der Waals surface area contributed by atoms with Crippen molar-refractivity contribution in [1.82, 2.24) is 15.7 Å². The van der Waals surface area contributed by atoms with Crippen molar-refractivity contribution in [2.75, 3.05) is 13.3 Å². The first-order valence-electron chi connectivity index (χ1n) is 10.5. The van der Waals surface area contributed by atoms with Gasteiger partial charge in [0.15, 0.2) is 6.23 Å². The highest BCUT2D eigenvalue weighted by Crippen LogP contribution is 2.37. The van der Waals surface area contributed by atoms with E-state index in [0.29, 0.717) is 24.7 Å². The van der Waals surface area contributed by atoms with Crippen LogP contribution < -0.4 is 10.8 Å². The van der Waals surface area contributed by atoms with Gasteiger partial charge in [-0.2, -0.15) is 0 Å². The van der Waals surface area contributed by atoms with Crippen LogP contribution in [0.4, 0.5) is 0 Å². The van der Waals surface area contributed by atoms with E-state index in [4.69, 9.17) is 9.57 Å². The third kappa shape index (κ3) is 3.22. The summed E-state index contributed by atoms with van der Waals surface area (Å²) in [4.78, 5) is 11.5. The van der Waals surface area contributed by atoms with Gasteiger partial charge in [-0.1, -0.05) is 24.3 Å². The third-order valence-electron chi connectivity index (χ3n) is 6.43. The lowest BCUT2D eigenvalue weighted by molar-refractivity contribution is -0.114. The SMILES string of the molecule is CCONC1=NCNC2C1C=CN2[C@@H]1O[C@H]([C@H](O)c2ccc3c(c2)CC3)[C@@H](O)[C@H]1O. The van der Waals surface area contributed by atoms with Gasteiger partial charge in [0.05, 0.1) is 25.4 Å². The van der Waals surface area contributed by atoms with E-state index >= 15 is 0 Å². The summed E-state index contributed by atoms with van der Waals surface area (Å²) in [6.07, 6.45) is 0.532. The van der Waals surface area contributed by atoms with Gasteiger partial charge in [0.1, 0.15) is 30.3 Å². The molecule has 7 atom stereocenters. The van der Waals surface area contributed by atoms with Crippen LogP contribution in [0.2, 0.25) is 0 Å². The lowest BCUT2D eigenvalue weighted by Crippen LogP contribution is -2.57. The molecule has 5 N–H and O–H groups in total. The summed E-state index contributed by atoms with van der Waals surface area (Å²) in [6, 6.07) is 5.85. The van der Waals surface area contributed by atoms with Crippen LogP contribution in [0.5, 0.6) is 0 Å². The van der Waals surface area contributed by atoms with Gasteiger partial charge in [-0.25, -0.2) is 0 Å². The van der Waals surface area contributed by atoms with Crippen molar-refractivity contribution in [3.63, 3.8) is 0 Å². The molecule has 30 heavy (non-hydrogen) atoms. The fourth-order valence-electron chi connectivity index (χ4n) is 4.65. The van der Waals surface area contributed by atoms with Gasteiger partial charge >= 0.3 is 0 Å². The van der Waals surface area contributed by atoms with Crippen molar-refractivity contribution in [1.29, 1.82) is 0 Å². The summed E-state index contributed by atoms with van der Waals surface area (Å²) >= 11 is 0. The molecule has 1 aromatic rings. The summed E-state index contributed by atoms with van der Waals surface area (Å²) in [5.41, 5.74) is 6.10. The van der Waals surface area contributed by atoms with E-state index < -0.39 is 30.6 Å². The highest BCUT2D eigenvalue weighted by molar-refractivity contribution is 5.87. The van der Waals surface area contributed by atoms with Crippen LogP contribution >= 0.6 is 0 Å². The third-order valence-corrected chi connectivity index (χ3v) is 6.43. The van der Waals surface area contributed by atoms with Gasteiger partial charge in [-0.05, 0) is 36.5 Å². The first-order chi connectivity index (χ1) is 14.6. The first kappa shape index (κ1) is 19.9. The van der Waals surface area contributed by atoms with Crippen LogP contribution in [0.25, 0.3) is 0 Å². The number of benzene rings is 1. The monoisotopic (exact) mass is 416 g/mol. The standard InChI is InChI=1S/C21H28N4O5/c1-2-29-24-19-14-7-8-25(20(14)23-10-22-19)21-17(28)16(27)18(30-21)15(26)13-6-4-11-3-5-12(11)9-13/h4,6-9,14-18,20-21,23,26-28H,2-3,5,10H2,1H3,(H,22,24)/t14?,15-,16+,17-,18-,20?,21-/m1/s1. The smallest absolute Gasteiger partial charge is 0.160 e. The second-order valence-corrected chi connectivity index (χ2v) is 8.15. The van der Waals surface area contributed by atoms with Crippen molar-refractivity contribution < 1.29 is 24.9 Å². The Bertz CT molecular complexity index is 862. The molecule has 4 aliphatic rings. The molecule has 1 aliphatic carbocycles. The van der Waals surface area contributed by atoms with Gasteiger partial charge in [0.25, 0.3) is 0 Å². The molecule has 1 saturated heterocycles. The summed E-state index contributed by atoms with van der Waals surface area (Å²) in [5.74, 6) is 0.598. The largest absolute Gasteiger partial charge is 0.387 e. The Morgan fingerprint density at radius 2 is 2.13 bits per heavy atom. The zero-order valence-corrected chi connectivity index (χ0v) is 16.8. The van der Waals surface area contributed by atoms with Gasteiger partial charge < -0.3 is 25.0 Å². The van der Waals surface area contributed by atoms with Gasteiger partial charge in [-0.3, -0.25) is 20.6 Å². The molecule has 0 radical (unpaired) electrons. The molecular formula is C21H28N4O5. The highest BCUT2D eigenvalue weighted by Gasteiger charge is 2.51. The molecule has 0 spiro atoms. The number of amidine groups is 1. The van der Waals surface area contributed by atoms with E-state index in [1.54, 1.807) is 0 Å². The normalized spacial score (nSPS) is 35.5. The number of ether oxygens (including phenoxy) is 1. The number of aliphatic hydroxyl groups excluding tert-OH is 3. The Morgan fingerprint density at radius 1 is 1.30 bits per heavy atom. The van der Waals surface area contributed by atoms with E-state index in [1.807, 2.05) is 42.3 Å². The maximum atomic E-state index is 10.9. The van der Waals surface area contributed by atoms with Crippen molar-refractivity contribution >= 4 is 5.84 Å². The second kappa shape index (κ2) is 7.92. The van der Waals surface area contributed by atoms with Crippen LogP contribution in [0.3, 0.4) is 0 Å². The van der Waals surface area contributed by atoms with E-state index in [2.05, 4.69) is 15.8 Å². The fourth-order valence-corrected chi connectivity index (χ4v) is 4.65. The Labute approximate surface area is 175 Å². The number of nitrogens with one attached hydrogen (secondary N) is 2. The summed E-state index contributed by atoms with van der Waals surface area (Å²) in [6.45, 7) is 2.79. The minimum absolute atomic E-state index is 0.102. The van der Waals surface area contributed by atoms with Crippen molar-refractivity contribution in [2.45, 2.75) is 56.6 Å². The average Bonchev–Trinajstić information content (AvgIpc) is 3.29. The first-order valence-corrected chi connectivity index (χ1v) is 10.5. The quantitative estimate of drug-likeness (QED) is 0.409. The molecule has 3 heterocycles. The molecule has 0 bridgehead atoms. The molecule has 0 saturated carbocycles. The van der Waals surface area contributed by atoms with Crippen molar-refractivity contribution in [2.24, 2.45) is 10.9 Å². The Hall–Kier alpha value is -2.01. The number of hydrogen-bond acceptors (Lipinski definition) is 9. The minimum Gasteiger partial charge on any atom is -0.387 e. The van der Waals surface area contributed by atoms with Gasteiger partial charge in [0.2, 0.25) is 0 Å². The summed E-state index contributed by atoms with van der Waals surface area (Å²) in [7, 11) is 0. The maximum Gasteiger partial charge on any atom is 0.160 e. The zero-order chi connectivity index (χ0) is 20.8. The second-order valence-electron chi connectivity index (χ2n) is 8.15. The topological polar surface area (TPSA) is 119 Å². The van der Waals surface area contributed by atoms with E-state index in [1.165, 1.54) is 11.1 Å². The number of aryl methyl sites for hydroxylation is 2. The predicted octanol–water partition coefficient (Wildman–Crippen LogP) is -0.463. The fraction of sp³-hybridized carbons (Fsp3) is 0.571.